The zero-order chi connectivity index (χ0) is 37.9. The molecule has 2 aliphatic carbocycles. The van der Waals surface area contributed by atoms with Crippen LogP contribution in [0.15, 0.2) is 83.2 Å². The van der Waals surface area contributed by atoms with Crippen LogP contribution in [0.25, 0.3) is 11.9 Å². The van der Waals surface area contributed by atoms with Crippen molar-refractivity contribution in [2.45, 2.75) is 64.2 Å². The minimum atomic E-state index is -0.147. The summed E-state index contributed by atoms with van der Waals surface area (Å²) in [5.41, 5.74) is 7.15. The van der Waals surface area contributed by atoms with E-state index in [-0.39, 0.29) is 23.0 Å². The van der Waals surface area contributed by atoms with Crippen LogP contribution in [0.4, 0.5) is 0 Å². The summed E-state index contributed by atoms with van der Waals surface area (Å²) in [6.45, 7) is 3.80. The summed E-state index contributed by atoms with van der Waals surface area (Å²) in [6.07, 6.45) is 14.7. The molecule has 14 heteroatoms. The number of halogens is 2. The molecule has 4 aromatic heterocycles. The van der Waals surface area contributed by atoms with Crippen molar-refractivity contribution in [3.8, 4) is 23.4 Å². The SMILES string of the molecule is COc1cccc(C2CCc3c(cnn(-c4ncc(C)cn4)c3=O)C2)c1Cl.COc1cccc(C2CCc3c(cnn(-c4ncc(C)cn4)c3=O)C2)c1Cl. The first-order valence-corrected chi connectivity index (χ1v) is 18.3. The van der Waals surface area contributed by atoms with Gasteiger partial charge in [-0.2, -0.15) is 19.6 Å². The first-order valence-electron chi connectivity index (χ1n) is 17.6. The average molecular weight is 766 g/mol. The molecule has 0 amide bonds. The number of benzene rings is 2. The molecule has 0 bridgehead atoms. The van der Waals surface area contributed by atoms with Gasteiger partial charge in [-0.15, -0.1) is 0 Å². The number of hydrogen-bond donors (Lipinski definition) is 0. The Morgan fingerprint density at radius 3 is 1.37 bits per heavy atom. The first kappa shape index (κ1) is 36.9. The maximum Gasteiger partial charge on any atom is 0.277 e. The summed E-state index contributed by atoms with van der Waals surface area (Å²) in [5, 5.41) is 9.88. The molecule has 2 unspecified atom stereocenters. The summed E-state index contributed by atoms with van der Waals surface area (Å²) in [7, 11) is 3.22. The van der Waals surface area contributed by atoms with Crippen LogP contribution in [0, 0.1) is 13.8 Å². The van der Waals surface area contributed by atoms with Gasteiger partial charge in [-0.05, 0) is 110 Å². The van der Waals surface area contributed by atoms with Gasteiger partial charge >= 0.3 is 0 Å². The highest BCUT2D eigenvalue weighted by Gasteiger charge is 2.28. The molecule has 0 fully saturated rings. The number of ether oxygens (including phenoxy) is 2. The lowest BCUT2D eigenvalue weighted by Crippen LogP contribution is -2.30. The van der Waals surface area contributed by atoms with Gasteiger partial charge in [0.1, 0.15) is 11.5 Å². The second-order valence-electron chi connectivity index (χ2n) is 13.5. The van der Waals surface area contributed by atoms with E-state index in [0.717, 1.165) is 70.2 Å². The Kier molecular flexibility index (Phi) is 10.8. The van der Waals surface area contributed by atoms with E-state index >= 15 is 0 Å². The second-order valence-corrected chi connectivity index (χ2v) is 14.2. The smallest absolute Gasteiger partial charge is 0.277 e. The summed E-state index contributed by atoms with van der Waals surface area (Å²) in [4.78, 5) is 42.6. The molecule has 0 radical (unpaired) electrons. The van der Waals surface area contributed by atoms with E-state index in [1.54, 1.807) is 51.4 Å². The molecule has 0 N–H and O–H groups in total. The van der Waals surface area contributed by atoms with Crippen LogP contribution in [0.5, 0.6) is 11.5 Å². The monoisotopic (exact) mass is 764 g/mol. The van der Waals surface area contributed by atoms with Crippen molar-refractivity contribution in [1.82, 2.24) is 39.5 Å². The summed E-state index contributed by atoms with van der Waals surface area (Å²) >= 11 is 13.0. The molecule has 2 aromatic carbocycles. The normalized spacial score (nSPS) is 16.0. The number of aryl methyl sites for hydroxylation is 2. The highest BCUT2D eigenvalue weighted by Crippen LogP contribution is 2.40. The highest BCUT2D eigenvalue weighted by molar-refractivity contribution is 6.33. The molecule has 6 aromatic rings. The van der Waals surface area contributed by atoms with Gasteiger partial charge < -0.3 is 9.47 Å². The molecule has 2 atom stereocenters. The number of methoxy groups -OCH3 is 2. The zero-order valence-corrected chi connectivity index (χ0v) is 31.8. The van der Waals surface area contributed by atoms with Crippen LogP contribution in [0.1, 0.15) is 69.2 Å². The number of hydrogen-bond acceptors (Lipinski definition) is 10. The lowest BCUT2D eigenvalue weighted by Gasteiger charge is -2.25. The van der Waals surface area contributed by atoms with E-state index in [1.165, 1.54) is 9.36 Å². The van der Waals surface area contributed by atoms with Gasteiger partial charge in [-0.3, -0.25) is 9.59 Å². The van der Waals surface area contributed by atoms with Gasteiger partial charge in [0.25, 0.3) is 23.0 Å². The molecule has 54 heavy (non-hydrogen) atoms. The molecule has 276 valence electrons. The Balaban J connectivity index is 0.000000167. The average Bonchev–Trinajstić information content (AvgIpc) is 3.19. The topological polar surface area (TPSA) is 140 Å². The Morgan fingerprint density at radius 2 is 1.00 bits per heavy atom. The molecular weight excluding hydrogens is 727 g/mol. The van der Waals surface area contributed by atoms with Gasteiger partial charge in [0.15, 0.2) is 0 Å². The van der Waals surface area contributed by atoms with Crippen molar-refractivity contribution >= 4 is 23.2 Å². The highest BCUT2D eigenvalue weighted by atomic mass is 35.5. The number of rotatable bonds is 6. The maximum absolute atomic E-state index is 12.9. The Morgan fingerprint density at radius 1 is 0.611 bits per heavy atom. The minimum absolute atomic E-state index is 0.147. The van der Waals surface area contributed by atoms with Crippen LogP contribution < -0.4 is 20.6 Å². The van der Waals surface area contributed by atoms with Crippen LogP contribution in [-0.4, -0.2) is 53.7 Å². The third-order valence-electron chi connectivity index (χ3n) is 9.97. The summed E-state index contributed by atoms with van der Waals surface area (Å²) < 4.78 is 13.2. The van der Waals surface area contributed by atoms with E-state index in [4.69, 9.17) is 32.7 Å². The van der Waals surface area contributed by atoms with Crippen molar-refractivity contribution in [3.63, 3.8) is 0 Å². The molecule has 2 aliphatic rings. The van der Waals surface area contributed by atoms with Crippen molar-refractivity contribution < 1.29 is 9.47 Å². The van der Waals surface area contributed by atoms with Crippen LogP contribution in [0.2, 0.25) is 10.0 Å². The molecule has 12 nitrogen and oxygen atoms in total. The molecule has 4 heterocycles. The zero-order valence-electron chi connectivity index (χ0n) is 30.3. The number of aromatic nitrogens is 8. The van der Waals surface area contributed by atoms with Gasteiger partial charge in [0, 0.05) is 35.9 Å². The van der Waals surface area contributed by atoms with Gasteiger partial charge in [-0.1, -0.05) is 47.5 Å². The lowest BCUT2D eigenvalue weighted by molar-refractivity contribution is 0.413. The van der Waals surface area contributed by atoms with Gasteiger partial charge in [0.2, 0.25) is 0 Å². The fraction of sp³-hybridized carbons (Fsp3) is 0.300. The van der Waals surface area contributed by atoms with Crippen LogP contribution in [0.3, 0.4) is 0 Å². The quantitative estimate of drug-likeness (QED) is 0.184. The fourth-order valence-electron chi connectivity index (χ4n) is 7.11. The molecule has 0 saturated heterocycles. The predicted molar refractivity (Wildman–Crippen MR) is 206 cm³/mol. The fourth-order valence-corrected chi connectivity index (χ4v) is 7.83. The lowest BCUT2D eigenvalue weighted by atomic mass is 9.81. The summed E-state index contributed by atoms with van der Waals surface area (Å²) in [5.74, 6) is 2.40. The van der Waals surface area contributed by atoms with Crippen LogP contribution in [-0.2, 0) is 25.7 Å². The van der Waals surface area contributed by atoms with E-state index in [0.29, 0.717) is 46.3 Å². The Bertz CT molecular complexity index is 2260. The second kappa shape index (κ2) is 15.9. The largest absolute Gasteiger partial charge is 0.495 e. The molecule has 8 rings (SSSR count). The minimum Gasteiger partial charge on any atom is -0.495 e. The third-order valence-corrected chi connectivity index (χ3v) is 10.8. The van der Waals surface area contributed by atoms with E-state index in [2.05, 4.69) is 30.1 Å². The van der Waals surface area contributed by atoms with Gasteiger partial charge in [-0.25, -0.2) is 19.9 Å². The third kappa shape index (κ3) is 7.36. The molecular formula is C40H38Cl2N8O4. The van der Waals surface area contributed by atoms with Gasteiger partial charge in [0.05, 0.1) is 36.7 Å². The van der Waals surface area contributed by atoms with E-state index in [9.17, 15) is 9.59 Å². The number of nitrogens with zero attached hydrogens (tertiary/aromatic N) is 8. The maximum atomic E-state index is 12.9. The standard InChI is InChI=1S/2C20H19ClN4O2/c2*1-12-9-22-20(23-10-12)25-19(26)16-7-6-13(8-14(16)11-24-25)15-4-3-5-17(27-2)18(15)21/h2*3-5,9-11,13H,6-8H2,1-2H3. The Labute approximate surface area is 321 Å². The van der Waals surface area contributed by atoms with Crippen molar-refractivity contribution in [2.75, 3.05) is 14.2 Å². The van der Waals surface area contributed by atoms with E-state index < -0.39 is 0 Å². The van der Waals surface area contributed by atoms with Crippen LogP contribution >= 0.6 is 23.2 Å². The Hall–Kier alpha value is -5.46. The van der Waals surface area contributed by atoms with Crippen molar-refractivity contribution in [2.24, 2.45) is 0 Å². The molecule has 0 aliphatic heterocycles. The van der Waals surface area contributed by atoms with Crippen molar-refractivity contribution in [3.05, 3.63) is 149 Å². The first-order chi connectivity index (χ1) is 26.2. The molecule has 0 saturated carbocycles. The predicted octanol–water partition coefficient (Wildman–Crippen LogP) is 6.53. The van der Waals surface area contributed by atoms with Crippen molar-refractivity contribution in [1.29, 1.82) is 0 Å². The molecule has 0 spiro atoms. The summed E-state index contributed by atoms with van der Waals surface area (Å²) in [6, 6.07) is 11.6. The number of fused-ring (bicyclic) bond motifs is 2. The van der Waals surface area contributed by atoms with E-state index in [1.807, 2.05) is 50.2 Å².